The number of azo groups is 1. The van der Waals surface area contributed by atoms with Gasteiger partial charge in [-0.05, 0) is 43.3 Å². The van der Waals surface area contributed by atoms with Gasteiger partial charge < -0.3 is 20.9 Å². The Labute approximate surface area is 126 Å². The molecule has 2 rings (SSSR count). The Bertz CT molecular complexity index is 685. The van der Waals surface area contributed by atoms with E-state index in [1.54, 1.807) is 43.3 Å². The fourth-order valence-corrected chi connectivity index (χ4v) is 1.50. The molecule has 0 bridgehead atoms. The Kier molecular flexibility index (Phi) is 4.86. The summed E-state index contributed by atoms with van der Waals surface area (Å²) in [5.74, 6) is 0.869. The molecule has 2 aromatic rings. The number of pyridine rings is 1. The highest BCUT2D eigenvalue weighted by atomic mass is 16.7. The Balaban J connectivity index is 2.04. The van der Waals surface area contributed by atoms with Crippen molar-refractivity contribution in [2.45, 2.75) is 6.92 Å². The van der Waals surface area contributed by atoms with Gasteiger partial charge >= 0.3 is 6.16 Å². The summed E-state index contributed by atoms with van der Waals surface area (Å²) in [6.07, 6.45) is -0.752. The number of rotatable bonds is 4. The van der Waals surface area contributed by atoms with E-state index in [1.807, 2.05) is 0 Å². The number of ether oxygens (including phenoxy) is 2. The van der Waals surface area contributed by atoms with Crippen molar-refractivity contribution in [3.63, 3.8) is 0 Å². The van der Waals surface area contributed by atoms with Crippen LogP contribution in [0.5, 0.6) is 5.75 Å². The van der Waals surface area contributed by atoms with E-state index in [4.69, 9.17) is 16.2 Å². The molecule has 22 heavy (non-hydrogen) atoms. The number of aromatic nitrogens is 1. The molecular weight excluding hydrogens is 286 g/mol. The predicted octanol–water partition coefficient (Wildman–Crippen LogP) is 3.20. The van der Waals surface area contributed by atoms with Crippen LogP contribution in [0.25, 0.3) is 0 Å². The summed E-state index contributed by atoms with van der Waals surface area (Å²) in [5, 5.41) is 8.00. The van der Waals surface area contributed by atoms with Gasteiger partial charge in [-0.2, -0.15) is 5.11 Å². The number of carbonyl (C=O) groups excluding carboxylic acids is 1. The number of nitrogens with two attached hydrogens (primary N) is 2. The second kappa shape index (κ2) is 7.02. The first-order valence-corrected chi connectivity index (χ1v) is 6.47. The summed E-state index contributed by atoms with van der Waals surface area (Å²) >= 11 is 0. The maximum absolute atomic E-state index is 11.2. The first kappa shape index (κ1) is 15.2. The molecule has 0 atom stereocenters. The Morgan fingerprint density at radius 3 is 2.50 bits per heavy atom. The van der Waals surface area contributed by atoms with Crippen LogP contribution in [0.2, 0.25) is 0 Å². The molecule has 0 fully saturated rings. The van der Waals surface area contributed by atoms with Gasteiger partial charge in [-0.25, -0.2) is 9.78 Å². The number of nitrogen functional groups attached to an aromatic ring is 2. The maximum Gasteiger partial charge on any atom is 0.513 e. The highest BCUT2D eigenvalue weighted by Crippen LogP contribution is 2.25. The highest BCUT2D eigenvalue weighted by Gasteiger charge is 2.04. The van der Waals surface area contributed by atoms with E-state index in [9.17, 15) is 4.79 Å². The molecule has 0 unspecified atom stereocenters. The minimum atomic E-state index is -0.752. The summed E-state index contributed by atoms with van der Waals surface area (Å²) in [5.41, 5.74) is 12.2. The van der Waals surface area contributed by atoms with Crippen LogP contribution in [0.1, 0.15) is 6.92 Å². The summed E-state index contributed by atoms with van der Waals surface area (Å²) in [6.45, 7) is 1.95. The van der Waals surface area contributed by atoms with Gasteiger partial charge in [-0.15, -0.1) is 5.11 Å². The van der Waals surface area contributed by atoms with Crippen LogP contribution in [-0.4, -0.2) is 17.7 Å². The largest absolute Gasteiger partial charge is 0.513 e. The van der Waals surface area contributed by atoms with E-state index in [0.717, 1.165) is 0 Å². The molecular formula is C14H15N5O3. The summed E-state index contributed by atoms with van der Waals surface area (Å²) in [4.78, 5) is 15.0. The molecule has 1 aromatic heterocycles. The first-order valence-electron chi connectivity index (χ1n) is 6.47. The van der Waals surface area contributed by atoms with Crippen molar-refractivity contribution < 1.29 is 14.3 Å². The maximum atomic E-state index is 11.2. The van der Waals surface area contributed by atoms with Gasteiger partial charge in [0.05, 0.1) is 12.3 Å². The molecule has 0 radical (unpaired) electrons. The number of nitrogens with zero attached hydrogens (tertiary/aromatic N) is 3. The zero-order valence-corrected chi connectivity index (χ0v) is 11.9. The van der Waals surface area contributed by atoms with Crippen molar-refractivity contribution in [2.24, 2.45) is 10.2 Å². The second-order valence-corrected chi connectivity index (χ2v) is 4.12. The Morgan fingerprint density at radius 1 is 1.14 bits per heavy atom. The van der Waals surface area contributed by atoms with E-state index in [0.29, 0.717) is 22.9 Å². The molecule has 8 nitrogen and oxygen atoms in total. The fraction of sp³-hybridized carbons (Fsp3) is 0.143. The number of hydrogen-bond acceptors (Lipinski definition) is 8. The third-order valence-electron chi connectivity index (χ3n) is 2.50. The van der Waals surface area contributed by atoms with E-state index < -0.39 is 6.16 Å². The van der Waals surface area contributed by atoms with Gasteiger partial charge in [0.2, 0.25) is 0 Å². The molecule has 0 aliphatic rings. The van der Waals surface area contributed by atoms with Crippen LogP contribution < -0.4 is 16.2 Å². The summed E-state index contributed by atoms with van der Waals surface area (Å²) in [7, 11) is 0. The van der Waals surface area contributed by atoms with Gasteiger partial charge in [-0.1, -0.05) is 0 Å². The zero-order chi connectivity index (χ0) is 15.9. The molecule has 8 heteroatoms. The molecule has 0 aliphatic heterocycles. The van der Waals surface area contributed by atoms with E-state index in [1.165, 1.54) is 0 Å². The van der Waals surface area contributed by atoms with Crippen LogP contribution in [0.3, 0.4) is 0 Å². The van der Waals surface area contributed by atoms with Gasteiger partial charge in [0.25, 0.3) is 0 Å². The number of anilines is 2. The minimum Gasteiger partial charge on any atom is -0.434 e. The minimum absolute atomic E-state index is 0.200. The molecule has 114 valence electrons. The lowest BCUT2D eigenvalue weighted by Crippen LogP contribution is -2.09. The summed E-state index contributed by atoms with van der Waals surface area (Å²) in [6, 6.07) is 9.64. The number of hydrogen-bond donors (Lipinski definition) is 2. The lowest BCUT2D eigenvalue weighted by atomic mass is 10.3. The van der Waals surface area contributed by atoms with Crippen molar-refractivity contribution in [2.75, 3.05) is 18.1 Å². The molecule has 1 aromatic carbocycles. The topological polar surface area (TPSA) is 125 Å². The van der Waals surface area contributed by atoms with Crippen LogP contribution in [0.15, 0.2) is 46.6 Å². The van der Waals surface area contributed by atoms with E-state index in [2.05, 4.69) is 19.9 Å². The Hall–Kier alpha value is -3.16. The lowest BCUT2D eigenvalue weighted by Gasteiger charge is -2.03. The standard InChI is InChI=1S/C14H15N5O3/c1-2-21-14(20)22-10-5-3-9(4-6-10)18-19-11-7-8-12(15)17-13(11)16/h3-8H,2H2,1H3,(H4,15,16,17). The number of benzene rings is 1. The monoisotopic (exact) mass is 301 g/mol. The van der Waals surface area contributed by atoms with Gasteiger partial charge in [-0.3, -0.25) is 0 Å². The smallest absolute Gasteiger partial charge is 0.434 e. The second-order valence-electron chi connectivity index (χ2n) is 4.12. The van der Waals surface area contributed by atoms with Crippen LogP contribution in [-0.2, 0) is 4.74 Å². The zero-order valence-electron chi connectivity index (χ0n) is 11.9. The van der Waals surface area contributed by atoms with E-state index >= 15 is 0 Å². The van der Waals surface area contributed by atoms with Crippen molar-refractivity contribution in [3.8, 4) is 5.75 Å². The van der Waals surface area contributed by atoms with Crippen molar-refractivity contribution in [3.05, 3.63) is 36.4 Å². The average molecular weight is 301 g/mol. The van der Waals surface area contributed by atoms with Crippen molar-refractivity contribution in [1.29, 1.82) is 0 Å². The van der Waals surface area contributed by atoms with Crippen LogP contribution in [0, 0.1) is 0 Å². The lowest BCUT2D eigenvalue weighted by molar-refractivity contribution is 0.104. The third-order valence-corrected chi connectivity index (χ3v) is 2.50. The quantitative estimate of drug-likeness (QED) is 0.507. The third kappa shape index (κ3) is 4.17. The van der Waals surface area contributed by atoms with Crippen molar-refractivity contribution >= 4 is 29.2 Å². The molecule has 0 saturated heterocycles. The SMILES string of the molecule is CCOC(=O)Oc1ccc(N=Nc2ccc(N)nc2N)cc1. The predicted molar refractivity (Wildman–Crippen MR) is 81.3 cm³/mol. The number of carbonyl (C=O) groups is 1. The summed E-state index contributed by atoms with van der Waals surface area (Å²) < 4.78 is 9.60. The molecule has 4 N–H and O–H groups in total. The molecule has 0 amide bonds. The van der Waals surface area contributed by atoms with Crippen LogP contribution in [0.4, 0.5) is 27.8 Å². The van der Waals surface area contributed by atoms with Gasteiger partial charge in [0.1, 0.15) is 17.3 Å². The normalized spacial score (nSPS) is 10.6. The van der Waals surface area contributed by atoms with Crippen molar-refractivity contribution in [1.82, 2.24) is 4.98 Å². The fourth-order valence-electron chi connectivity index (χ4n) is 1.50. The molecule has 0 spiro atoms. The first-order chi connectivity index (χ1) is 10.6. The van der Waals surface area contributed by atoms with Crippen LogP contribution >= 0.6 is 0 Å². The molecule has 0 saturated carbocycles. The Morgan fingerprint density at radius 2 is 1.86 bits per heavy atom. The highest BCUT2D eigenvalue weighted by molar-refractivity contribution is 5.64. The average Bonchev–Trinajstić information content (AvgIpc) is 2.48. The van der Waals surface area contributed by atoms with Gasteiger partial charge in [0.15, 0.2) is 5.82 Å². The van der Waals surface area contributed by atoms with E-state index in [-0.39, 0.29) is 12.4 Å². The molecule has 0 aliphatic carbocycles. The molecule has 1 heterocycles. The van der Waals surface area contributed by atoms with Gasteiger partial charge in [0, 0.05) is 0 Å².